The number of thiophene rings is 1. The van der Waals surface area contributed by atoms with E-state index < -0.39 is 29.1 Å². The number of hydrogen-bond acceptors (Lipinski definition) is 6. The average molecular weight is 392 g/mol. The molecule has 1 aliphatic heterocycles. The van der Waals surface area contributed by atoms with E-state index in [9.17, 15) is 9.59 Å². The second-order valence-corrected chi connectivity index (χ2v) is 9.63. The maximum absolute atomic E-state index is 13.0. The van der Waals surface area contributed by atoms with Crippen LogP contribution in [0.5, 0.6) is 0 Å². The molecule has 0 amide bonds. The van der Waals surface area contributed by atoms with Crippen LogP contribution in [-0.4, -0.2) is 23.1 Å². The molecule has 1 N–H and O–H groups in total. The lowest BCUT2D eigenvalue weighted by atomic mass is 9.84. The number of dihydropyridines is 1. The highest BCUT2D eigenvalue weighted by molar-refractivity contribution is 7.10. The van der Waals surface area contributed by atoms with E-state index >= 15 is 0 Å². The highest BCUT2D eigenvalue weighted by Gasteiger charge is 2.40. The van der Waals surface area contributed by atoms with Crippen LogP contribution in [0.4, 0.5) is 0 Å². The Kier molecular flexibility index (Phi) is 5.90. The zero-order chi connectivity index (χ0) is 20.6. The van der Waals surface area contributed by atoms with Crippen molar-refractivity contribution in [3.8, 4) is 0 Å². The third-order valence-corrected chi connectivity index (χ3v) is 4.76. The van der Waals surface area contributed by atoms with Crippen LogP contribution in [0.1, 0.15) is 66.2 Å². The topological polar surface area (TPSA) is 64.6 Å². The Morgan fingerprint density at radius 2 is 1.37 bits per heavy atom. The number of allylic oxidation sites excluding steroid dienone is 2. The van der Waals surface area contributed by atoms with Gasteiger partial charge in [0, 0.05) is 16.3 Å². The Labute approximate surface area is 165 Å². The molecule has 5 nitrogen and oxygen atoms in total. The van der Waals surface area contributed by atoms with Crippen LogP contribution in [0, 0.1) is 0 Å². The van der Waals surface area contributed by atoms with Gasteiger partial charge in [0.05, 0.1) is 17.1 Å². The Morgan fingerprint density at radius 3 is 1.70 bits per heavy atom. The van der Waals surface area contributed by atoms with Gasteiger partial charge in [-0.3, -0.25) is 0 Å². The van der Waals surface area contributed by atoms with Gasteiger partial charge >= 0.3 is 11.9 Å². The van der Waals surface area contributed by atoms with Gasteiger partial charge in [0.2, 0.25) is 0 Å². The molecule has 0 fully saturated rings. The quantitative estimate of drug-likeness (QED) is 0.759. The van der Waals surface area contributed by atoms with Crippen molar-refractivity contribution >= 4 is 23.3 Å². The summed E-state index contributed by atoms with van der Waals surface area (Å²) in [6.07, 6.45) is 0. The molecule has 0 aromatic carbocycles. The highest BCUT2D eigenvalue weighted by Crippen LogP contribution is 2.41. The summed E-state index contributed by atoms with van der Waals surface area (Å²) in [6.45, 7) is 14.6. The summed E-state index contributed by atoms with van der Waals surface area (Å²) >= 11 is 1.50. The number of ether oxygens (including phenoxy) is 2. The van der Waals surface area contributed by atoms with Gasteiger partial charge in [-0.25, -0.2) is 9.59 Å². The number of esters is 2. The number of nitrogens with one attached hydrogen (secondary N) is 1. The summed E-state index contributed by atoms with van der Waals surface area (Å²) in [6, 6.07) is 3.84. The lowest BCUT2D eigenvalue weighted by molar-refractivity contribution is -0.150. The summed E-state index contributed by atoms with van der Waals surface area (Å²) in [5, 5.41) is 5.10. The minimum absolute atomic E-state index is 0.431. The van der Waals surface area contributed by atoms with Crippen LogP contribution in [-0.2, 0) is 19.1 Å². The van der Waals surface area contributed by atoms with Crippen molar-refractivity contribution in [3.05, 3.63) is 44.9 Å². The third kappa shape index (κ3) is 5.22. The normalized spacial score (nSPS) is 16.3. The molecule has 0 aliphatic carbocycles. The van der Waals surface area contributed by atoms with Crippen LogP contribution in [0.25, 0.3) is 0 Å². The van der Waals surface area contributed by atoms with Crippen molar-refractivity contribution in [2.75, 3.05) is 0 Å². The van der Waals surface area contributed by atoms with Gasteiger partial charge in [0.25, 0.3) is 0 Å². The van der Waals surface area contributed by atoms with E-state index in [0.717, 1.165) is 4.88 Å². The third-order valence-electron chi connectivity index (χ3n) is 3.83. The standard InChI is InChI=1S/C21H29NO4S/c1-12-15(18(23)25-20(3,4)5)17(14-10-9-11-27-14)16(13(2)22-12)19(24)26-21(6,7)8/h9-11,17,22H,1-8H3. The maximum Gasteiger partial charge on any atom is 0.337 e. The van der Waals surface area contributed by atoms with Crippen LogP contribution in [0.3, 0.4) is 0 Å². The second kappa shape index (κ2) is 7.50. The van der Waals surface area contributed by atoms with Crippen molar-refractivity contribution in [2.45, 2.75) is 72.5 Å². The summed E-state index contributed by atoms with van der Waals surface area (Å²) in [4.78, 5) is 26.9. The molecule has 6 heteroatoms. The first-order chi connectivity index (χ1) is 12.3. The predicted molar refractivity (Wildman–Crippen MR) is 107 cm³/mol. The van der Waals surface area contributed by atoms with E-state index in [1.54, 1.807) is 0 Å². The molecule has 1 aromatic heterocycles. The van der Waals surface area contributed by atoms with Crippen LogP contribution < -0.4 is 5.32 Å². The van der Waals surface area contributed by atoms with Gasteiger partial charge in [0.15, 0.2) is 0 Å². The molecule has 0 saturated carbocycles. The zero-order valence-electron chi connectivity index (χ0n) is 17.4. The van der Waals surface area contributed by atoms with Crippen LogP contribution in [0.2, 0.25) is 0 Å². The minimum Gasteiger partial charge on any atom is -0.457 e. The molecule has 0 bridgehead atoms. The van der Waals surface area contributed by atoms with Gasteiger partial charge in [0.1, 0.15) is 11.2 Å². The first-order valence-electron chi connectivity index (χ1n) is 8.99. The minimum atomic E-state index is -0.632. The molecule has 148 valence electrons. The lowest BCUT2D eigenvalue weighted by Crippen LogP contribution is -2.36. The second-order valence-electron chi connectivity index (χ2n) is 8.65. The van der Waals surface area contributed by atoms with E-state index in [1.807, 2.05) is 72.9 Å². The maximum atomic E-state index is 13.0. The fourth-order valence-corrected chi connectivity index (χ4v) is 3.78. The first-order valence-corrected chi connectivity index (χ1v) is 9.87. The summed E-state index contributed by atoms with van der Waals surface area (Å²) < 4.78 is 11.3. The Bertz CT molecular complexity index is 739. The van der Waals surface area contributed by atoms with E-state index in [4.69, 9.17) is 9.47 Å². The monoisotopic (exact) mass is 391 g/mol. The van der Waals surface area contributed by atoms with Crippen molar-refractivity contribution in [3.63, 3.8) is 0 Å². The van der Waals surface area contributed by atoms with Gasteiger partial charge in [-0.15, -0.1) is 11.3 Å². The Morgan fingerprint density at radius 1 is 0.926 bits per heavy atom. The molecule has 0 saturated heterocycles. The van der Waals surface area contributed by atoms with Gasteiger partial charge in [-0.1, -0.05) is 6.07 Å². The summed E-state index contributed by atoms with van der Waals surface area (Å²) in [5.74, 6) is -1.38. The molecular formula is C21H29NO4S. The van der Waals surface area contributed by atoms with E-state index in [0.29, 0.717) is 22.5 Å². The van der Waals surface area contributed by atoms with Crippen LogP contribution in [0.15, 0.2) is 40.1 Å². The Balaban J connectivity index is 2.55. The fourth-order valence-electron chi connectivity index (χ4n) is 2.94. The van der Waals surface area contributed by atoms with Gasteiger partial charge < -0.3 is 14.8 Å². The average Bonchev–Trinajstić information content (AvgIpc) is 2.95. The molecule has 0 spiro atoms. The Hall–Kier alpha value is -2.08. The molecular weight excluding hydrogens is 362 g/mol. The van der Waals surface area contributed by atoms with Crippen molar-refractivity contribution in [1.82, 2.24) is 5.32 Å². The molecule has 1 aromatic rings. The molecule has 2 rings (SSSR count). The molecule has 1 aliphatic rings. The number of rotatable bonds is 3. The van der Waals surface area contributed by atoms with E-state index in [-0.39, 0.29) is 0 Å². The van der Waals surface area contributed by atoms with Crippen LogP contribution >= 0.6 is 11.3 Å². The highest BCUT2D eigenvalue weighted by atomic mass is 32.1. The number of carbonyl (C=O) groups excluding carboxylic acids is 2. The predicted octanol–water partition coefficient (Wildman–Crippen LogP) is 4.67. The molecule has 2 heterocycles. The van der Waals surface area contributed by atoms with E-state index in [2.05, 4.69) is 5.32 Å². The zero-order valence-corrected chi connectivity index (χ0v) is 18.2. The fraction of sp³-hybridized carbons (Fsp3) is 0.524. The molecule has 0 atom stereocenters. The van der Waals surface area contributed by atoms with Crippen molar-refractivity contribution in [1.29, 1.82) is 0 Å². The van der Waals surface area contributed by atoms with Gasteiger partial charge in [-0.2, -0.15) is 0 Å². The summed E-state index contributed by atoms with van der Waals surface area (Å²) in [7, 11) is 0. The number of hydrogen-bond donors (Lipinski definition) is 1. The molecule has 27 heavy (non-hydrogen) atoms. The SMILES string of the molecule is CC1=C(C(=O)OC(C)(C)C)C(c2cccs2)C(C(=O)OC(C)(C)C)=C(C)N1. The first kappa shape index (κ1) is 21.2. The van der Waals surface area contributed by atoms with E-state index in [1.165, 1.54) is 11.3 Å². The summed E-state index contributed by atoms with van der Waals surface area (Å²) in [5.41, 5.74) is 0.997. The van der Waals surface area contributed by atoms with Crippen molar-refractivity contribution < 1.29 is 19.1 Å². The lowest BCUT2D eigenvalue weighted by Gasteiger charge is -2.32. The number of carbonyl (C=O) groups is 2. The van der Waals surface area contributed by atoms with Gasteiger partial charge in [-0.05, 0) is 66.8 Å². The largest absolute Gasteiger partial charge is 0.457 e. The molecule has 0 unspecified atom stereocenters. The van der Waals surface area contributed by atoms with Crippen molar-refractivity contribution in [2.24, 2.45) is 0 Å². The molecule has 0 radical (unpaired) electrons. The smallest absolute Gasteiger partial charge is 0.337 e.